The Balaban J connectivity index is 2.16. The van der Waals surface area contributed by atoms with E-state index in [1.807, 2.05) is 18.2 Å². The van der Waals surface area contributed by atoms with Crippen molar-refractivity contribution >= 4 is 31.9 Å². The Morgan fingerprint density at radius 3 is 2.63 bits per heavy atom. The van der Waals surface area contributed by atoms with Gasteiger partial charge in [-0.05, 0) is 45.8 Å². The Kier molecular flexibility index (Phi) is 4.93. The zero-order valence-electron chi connectivity index (χ0n) is 9.80. The highest BCUT2D eigenvalue weighted by molar-refractivity contribution is 9.10. The molecular weight excluding hydrogens is 382 g/mol. The lowest BCUT2D eigenvalue weighted by molar-refractivity contribution is 0.292. The Morgan fingerprint density at radius 2 is 1.89 bits per heavy atom. The van der Waals surface area contributed by atoms with Gasteiger partial charge in [0.2, 0.25) is 0 Å². The first-order valence-electron chi connectivity index (χ1n) is 5.52. The van der Waals surface area contributed by atoms with Gasteiger partial charge in [0.05, 0.1) is 10.0 Å². The highest BCUT2D eigenvalue weighted by Crippen LogP contribution is 2.23. The first kappa shape index (κ1) is 14.5. The maximum absolute atomic E-state index is 13.7. The van der Waals surface area contributed by atoms with Gasteiger partial charge in [0, 0.05) is 5.33 Å². The standard InChI is InChI=1S/C14H10Br2F2O/c15-7-9-2-1-3-10(6-9)19-8-11-13(17)5-4-12(16)14(11)18/h1-6H,7-8H2. The van der Waals surface area contributed by atoms with Gasteiger partial charge in [-0.25, -0.2) is 8.78 Å². The van der Waals surface area contributed by atoms with Gasteiger partial charge in [-0.3, -0.25) is 0 Å². The van der Waals surface area contributed by atoms with Crippen LogP contribution in [0.4, 0.5) is 8.78 Å². The third-order valence-electron chi connectivity index (χ3n) is 2.57. The molecule has 2 rings (SSSR count). The molecule has 0 aliphatic carbocycles. The summed E-state index contributed by atoms with van der Waals surface area (Å²) in [4.78, 5) is 0. The predicted molar refractivity (Wildman–Crippen MR) is 77.5 cm³/mol. The molecule has 0 aliphatic heterocycles. The van der Waals surface area contributed by atoms with Crippen LogP contribution in [-0.2, 0) is 11.9 Å². The molecule has 0 spiro atoms. The maximum Gasteiger partial charge on any atom is 0.146 e. The lowest BCUT2D eigenvalue weighted by Crippen LogP contribution is -2.02. The molecule has 2 aromatic carbocycles. The third kappa shape index (κ3) is 3.54. The Labute approximate surface area is 126 Å². The van der Waals surface area contributed by atoms with Gasteiger partial charge < -0.3 is 4.74 Å². The molecule has 0 aromatic heterocycles. The van der Waals surface area contributed by atoms with E-state index in [0.717, 1.165) is 5.56 Å². The van der Waals surface area contributed by atoms with E-state index in [1.165, 1.54) is 12.1 Å². The smallest absolute Gasteiger partial charge is 0.146 e. The molecule has 0 amide bonds. The second-order valence-corrected chi connectivity index (χ2v) is 5.31. The van der Waals surface area contributed by atoms with E-state index in [4.69, 9.17) is 4.74 Å². The Hall–Kier alpha value is -0.940. The van der Waals surface area contributed by atoms with E-state index in [-0.39, 0.29) is 16.6 Å². The average Bonchev–Trinajstić information content (AvgIpc) is 2.43. The number of hydrogen-bond acceptors (Lipinski definition) is 1. The van der Waals surface area contributed by atoms with Crippen molar-refractivity contribution in [1.29, 1.82) is 0 Å². The van der Waals surface area contributed by atoms with Gasteiger partial charge in [-0.1, -0.05) is 28.1 Å². The SMILES string of the molecule is Fc1ccc(Br)c(F)c1COc1cccc(CBr)c1. The quantitative estimate of drug-likeness (QED) is 0.514. The van der Waals surface area contributed by atoms with Crippen LogP contribution in [-0.4, -0.2) is 0 Å². The van der Waals surface area contributed by atoms with E-state index < -0.39 is 11.6 Å². The summed E-state index contributed by atoms with van der Waals surface area (Å²) < 4.78 is 32.9. The molecule has 0 saturated heterocycles. The number of rotatable bonds is 4. The summed E-state index contributed by atoms with van der Waals surface area (Å²) in [5.74, 6) is -0.662. The minimum atomic E-state index is -0.628. The monoisotopic (exact) mass is 390 g/mol. The fourth-order valence-corrected chi connectivity index (χ4v) is 2.30. The molecule has 1 nitrogen and oxygen atoms in total. The highest BCUT2D eigenvalue weighted by atomic mass is 79.9. The molecule has 0 unspecified atom stereocenters. The average molecular weight is 392 g/mol. The lowest BCUT2D eigenvalue weighted by atomic mass is 10.2. The molecule has 5 heteroatoms. The summed E-state index contributed by atoms with van der Waals surface area (Å²) in [6, 6.07) is 9.88. The van der Waals surface area contributed by atoms with Crippen molar-refractivity contribution in [2.75, 3.05) is 0 Å². The van der Waals surface area contributed by atoms with Crippen molar-refractivity contribution in [3.05, 3.63) is 63.6 Å². The molecular formula is C14H10Br2F2O. The van der Waals surface area contributed by atoms with Crippen LogP contribution in [0.25, 0.3) is 0 Å². The first-order valence-corrected chi connectivity index (χ1v) is 7.43. The molecule has 0 saturated carbocycles. The van der Waals surface area contributed by atoms with Crippen molar-refractivity contribution < 1.29 is 13.5 Å². The van der Waals surface area contributed by atoms with Crippen LogP contribution in [0.1, 0.15) is 11.1 Å². The van der Waals surface area contributed by atoms with Crippen LogP contribution in [0.2, 0.25) is 0 Å². The molecule has 0 atom stereocenters. The lowest BCUT2D eigenvalue weighted by Gasteiger charge is -2.09. The first-order chi connectivity index (χ1) is 9.11. The Bertz CT molecular complexity index is 588. The Morgan fingerprint density at radius 1 is 1.11 bits per heavy atom. The van der Waals surface area contributed by atoms with E-state index >= 15 is 0 Å². The molecule has 0 heterocycles. The molecule has 0 radical (unpaired) electrons. The maximum atomic E-state index is 13.7. The topological polar surface area (TPSA) is 9.23 Å². The van der Waals surface area contributed by atoms with Crippen molar-refractivity contribution in [2.45, 2.75) is 11.9 Å². The van der Waals surface area contributed by atoms with Gasteiger partial charge >= 0.3 is 0 Å². The zero-order chi connectivity index (χ0) is 13.8. The van der Waals surface area contributed by atoms with Gasteiger partial charge in [0.1, 0.15) is 24.0 Å². The molecule has 2 aromatic rings. The van der Waals surface area contributed by atoms with Crippen LogP contribution in [0, 0.1) is 11.6 Å². The fourth-order valence-electron chi connectivity index (χ4n) is 1.58. The second kappa shape index (κ2) is 6.48. The summed E-state index contributed by atoms with van der Waals surface area (Å²) in [7, 11) is 0. The van der Waals surface area contributed by atoms with E-state index in [1.54, 1.807) is 6.07 Å². The van der Waals surface area contributed by atoms with Gasteiger partial charge in [-0.15, -0.1) is 0 Å². The number of hydrogen-bond donors (Lipinski definition) is 0. The molecule has 0 bridgehead atoms. The number of benzene rings is 2. The van der Waals surface area contributed by atoms with Crippen LogP contribution >= 0.6 is 31.9 Å². The molecule has 0 N–H and O–H groups in total. The van der Waals surface area contributed by atoms with E-state index in [0.29, 0.717) is 11.1 Å². The number of ether oxygens (including phenoxy) is 1. The summed E-state index contributed by atoms with van der Waals surface area (Å²) in [5, 5.41) is 0.698. The van der Waals surface area contributed by atoms with Gasteiger partial charge in [0.15, 0.2) is 0 Å². The van der Waals surface area contributed by atoms with Crippen LogP contribution < -0.4 is 4.74 Å². The van der Waals surface area contributed by atoms with E-state index in [9.17, 15) is 8.78 Å². The van der Waals surface area contributed by atoms with Crippen LogP contribution in [0.3, 0.4) is 0 Å². The number of alkyl halides is 1. The summed E-state index contributed by atoms with van der Waals surface area (Å²) in [6.07, 6.45) is 0. The predicted octanol–water partition coefficient (Wildman–Crippen LogP) is 5.20. The zero-order valence-corrected chi connectivity index (χ0v) is 13.0. The van der Waals surface area contributed by atoms with Crippen molar-refractivity contribution in [3.8, 4) is 5.75 Å². The molecule has 100 valence electrons. The molecule has 19 heavy (non-hydrogen) atoms. The van der Waals surface area contributed by atoms with Gasteiger partial charge in [0.25, 0.3) is 0 Å². The third-order valence-corrected chi connectivity index (χ3v) is 3.83. The normalized spacial score (nSPS) is 10.5. The van der Waals surface area contributed by atoms with E-state index in [2.05, 4.69) is 31.9 Å². The number of halogens is 4. The minimum Gasteiger partial charge on any atom is -0.489 e. The van der Waals surface area contributed by atoms with Crippen molar-refractivity contribution in [1.82, 2.24) is 0 Å². The summed E-state index contributed by atoms with van der Waals surface area (Å²) in [5.41, 5.74) is 0.950. The highest BCUT2D eigenvalue weighted by Gasteiger charge is 2.12. The summed E-state index contributed by atoms with van der Waals surface area (Å²) >= 11 is 6.36. The van der Waals surface area contributed by atoms with Crippen molar-refractivity contribution in [2.24, 2.45) is 0 Å². The van der Waals surface area contributed by atoms with Gasteiger partial charge in [-0.2, -0.15) is 0 Å². The molecule has 0 aliphatic rings. The largest absolute Gasteiger partial charge is 0.489 e. The molecule has 0 fully saturated rings. The van der Waals surface area contributed by atoms with Crippen LogP contribution in [0.15, 0.2) is 40.9 Å². The summed E-state index contributed by atoms with van der Waals surface area (Å²) in [6.45, 7) is -0.150. The van der Waals surface area contributed by atoms with Crippen molar-refractivity contribution in [3.63, 3.8) is 0 Å². The minimum absolute atomic E-state index is 0.0846. The second-order valence-electron chi connectivity index (χ2n) is 3.89. The van der Waals surface area contributed by atoms with Crippen LogP contribution in [0.5, 0.6) is 5.75 Å². The fraction of sp³-hybridized carbons (Fsp3) is 0.143.